The Kier molecular flexibility index (Phi) is 11.1. The number of hydrogen-bond donors (Lipinski definition) is 1. The lowest BCUT2D eigenvalue weighted by molar-refractivity contribution is -0.0188. The van der Waals surface area contributed by atoms with Crippen LogP contribution in [0.4, 0.5) is 10.1 Å². The predicted molar refractivity (Wildman–Crippen MR) is 182 cm³/mol. The van der Waals surface area contributed by atoms with Crippen molar-refractivity contribution in [3.63, 3.8) is 0 Å². The Morgan fingerprint density at radius 2 is 1.24 bits per heavy atom. The van der Waals surface area contributed by atoms with E-state index in [0.29, 0.717) is 45.6 Å². The third kappa shape index (κ3) is 7.30. The number of esters is 1. The second-order valence-corrected chi connectivity index (χ2v) is 11.0. The van der Waals surface area contributed by atoms with E-state index in [0.717, 1.165) is 6.07 Å². The highest BCUT2D eigenvalue weighted by Crippen LogP contribution is 2.47. The standard InChI is InChI=1S/C37H38FNO12/c1-42-22-16-26(43-2)23-18-32(33(50-27(23)17-22)20-12-28(44-3)34(48-7)29(13-20)45-4)51-37(41)19-9-10-24(38)25(11-19)39-36(40)21-14-30(46-5)35(49-8)31(15-21)47-6/h9-17,32-33H,18H2,1-8H3,(H,39,40). The number of fused-ring (bicyclic) bond motifs is 1. The molecule has 51 heavy (non-hydrogen) atoms. The molecular formula is C37H38FNO12. The quantitative estimate of drug-likeness (QED) is 0.162. The van der Waals surface area contributed by atoms with Gasteiger partial charge in [0.05, 0.1) is 68.1 Å². The van der Waals surface area contributed by atoms with Crippen LogP contribution in [0.25, 0.3) is 0 Å². The summed E-state index contributed by atoms with van der Waals surface area (Å²) >= 11 is 0. The van der Waals surface area contributed by atoms with Gasteiger partial charge in [0.25, 0.3) is 5.91 Å². The number of rotatable bonds is 13. The van der Waals surface area contributed by atoms with Gasteiger partial charge in [-0.05, 0) is 42.5 Å². The van der Waals surface area contributed by atoms with Gasteiger partial charge in [-0.15, -0.1) is 0 Å². The van der Waals surface area contributed by atoms with Crippen molar-refractivity contribution in [1.29, 1.82) is 0 Å². The van der Waals surface area contributed by atoms with Crippen molar-refractivity contribution in [2.45, 2.75) is 18.6 Å². The predicted octanol–water partition coefficient (Wildman–Crippen LogP) is 6.05. The fraction of sp³-hybridized carbons (Fsp3) is 0.297. The minimum atomic E-state index is -0.933. The molecule has 0 bridgehead atoms. The SMILES string of the molecule is COc1cc(OC)c2c(c1)OC(c1cc(OC)c(OC)c(OC)c1)C(OC(=O)c1ccc(F)c(NC(=O)c3cc(OC)c(OC)c(OC)c3)c1)C2. The number of methoxy groups -OCH3 is 8. The first-order valence-electron chi connectivity index (χ1n) is 15.5. The maximum Gasteiger partial charge on any atom is 0.338 e. The number of ether oxygens (including phenoxy) is 10. The first-order valence-corrected chi connectivity index (χ1v) is 15.5. The van der Waals surface area contributed by atoms with Crippen LogP contribution in [0.2, 0.25) is 0 Å². The molecular weight excluding hydrogens is 669 g/mol. The van der Waals surface area contributed by atoms with Gasteiger partial charge in [0.1, 0.15) is 29.2 Å². The first-order chi connectivity index (χ1) is 24.6. The highest BCUT2D eigenvalue weighted by molar-refractivity contribution is 6.05. The van der Waals surface area contributed by atoms with Crippen LogP contribution in [0.3, 0.4) is 0 Å². The normalized spacial score (nSPS) is 14.6. The largest absolute Gasteiger partial charge is 0.496 e. The number of carbonyl (C=O) groups is 2. The van der Waals surface area contributed by atoms with Crippen LogP contribution >= 0.6 is 0 Å². The third-order valence-corrected chi connectivity index (χ3v) is 8.25. The van der Waals surface area contributed by atoms with Crippen LogP contribution in [0.5, 0.6) is 51.7 Å². The number of amides is 1. The van der Waals surface area contributed by atoms with Gasteiger partial charge in [-0.25, -0.2) is 9.18 Å². The summed E-state index contributed by atoms with van der Waals surface area (Å²) in [5.74, 6) is 0.965. The van der Waals surface area contributed by atoms with E-state index in [1.54, 1.807) is 24.3 Å². The lowest BCUT2D eigenvalue weighted by atomic mass is 9.93. The summed E-state index contributed by atoms with van der Waals surface area (Å²) in [6.07, 6.45) is -1.65. The second-order valence-electron chi connectivity index (χ2n) is 11.0. The molecule has 0 saturated heterocycles. The molecule has 2 atom stereocenters. The molecule has 0 fully saturated rings. The van der Waals surface area contributed by atoms with Gasteiger partial charge in [-0.1, -0.05) is 0 Å². The number of nitrogens with one attached hydrogen (secondary N) is 1. The van der Waals surface area contributed by atoms with Crippen LogP contribution in [-0.4, -0.2) is 74.9 Å². The molecule has 5 rings (SSSR count). The minimum absolute atomic E-state index is 0.0345. The number of carbonyl (C=O) groups excluding carboxylic acids is 2. The summed E-state index contributed by atoms with van der Waals surface area (Å²) in [6, 6.07) is 13.1. The van der Waals surface area contributed by atoms with E-state index < -0.39 is 29.9 Å². The van der Waals surface area contributed by atoms with Gasteiger partial charge >= 0.3 is 5.97 Å². The van der Waals surface area contributed by atoms with Gasteiger partial charge in [0.15, 0.2) is 29.1 Å². The Hall–Kier alpha value is -6.05. The van der Waals surface area contributed by atoms with Gasteiger partial charge < -0.3 is 52.7 Å². The summed E-state index contributed by atoms with van der Waals surface area (Å²) in [5, 5.41) is 2.51. The maximum absolute atomic E-state index is 15.1. The van der Waals surface area contributed by atoms with E-state index in [9.17, 15) is 9.59 Å². The zero-order chi connectivity index (χ0) is 36.8. The Morgan fingerprint density at radius 1 is 0.667 bits per heavy atom. The van der Waals surface area contributed by atoms with Gasteiger partial charge in [-0.3, -0.25) is 4.79 Å². The van der Waals surface area contributed by atoms with Crippen LogP contribution in [0.1, 0.15) is 37.9 Å². The Morgan fingerprint density at radius 3 is 1.76 bits per heavy atom. The molecule has 2 unspecified atom stereocenters. The Bertz CT molecular complexity index is 1880. The molecule has 13 nitrogen and oxygen atoms in total. The molecule has 1 N–H and O–H groups in total. The summed E-state index contributed by atoms with van der Waals surface area (Å²) < 4.78 is 71.3. The summed E-state index contributed by atoms with van der Waals surface area (Å²) in [7, 11) is 11.7. The van der Waals surface area contributed by atoms with Gasteiger partial charge in [0, 0.05) is 35.2 Å². The van der Waals surface area contributed by atoms with Crippen molar-refractivity contribution in [1.82, 2.24) is 0 Å². The number of benzene rings is 4. The molecule has 0 spiro atoms. The molecule has 1 amide bonds. The summed E-state index contributed by atoms with van der Waals surface area (Å²) in [6.45, 7) is 0. The minimum Gasteiger partial charge on any atom is -0.496 e. The fourth-order valence-electron chi connectivity index (χ4n) is 5.73. The van der Waals surface area contributed by atoms with Crippen LogP contribution in [-0.2, 0) is 11.2 Å². The molecule has 4 aromatic carbocycles. The topological polar surface area (TPSA) is 138 Å². The van der Waals surface area contributed by atoms with E-state index >= 15 is 4.39 Å². The Labute approximate surface area is 294 Å². The number of anilines is 1. The van der Waals surface area contributed by atoms with Crippen molar-refractivity contribution in [3.05, 3.63) is 82.7 Å². The molecule has 1 heterocycles. The Balaban J connectivity index is 1.49. The van der Waals surface area contributed by atoms with E-state index in [1.165, 1.54) is 81.1 Å². The van der Waals surface area contributed by atoms with Gasteiger partial charge in [0.2, 0.25) is 11.5 Å². The number of halogens is 1. The highest BCUT2D eigenvalue weighted by atomic mass is 19.1. The average molecular weight is 708 g/mol. The van der Waals surface area contributed by atoms with Crippen LogP contribution in [0.15, 0.2) is 54.6 Å². The van der Waals surface area contributed by atoms with Gasteiger partial charge in [-0.2, -0.15) is 0 Å². The fourth-order valence-corrected chi connectivity index (χ4v) is 5.73. The zero-order valence-corrected chi connectivity index (χ0v) is 29.3. The molecule has 270 valence electrons. The zero-order valence-electron chi connectivity index (χ0n) is 29.3. The lowest BCUT2D eigenvalue weighted by Gasteiger charge is -2.34. The second kappa shape index (κ2) is 15.7. The van der Waals surface area contributed by atoms with E-state index in [4.69, 9.17) is 47.4 Å². The van der Waals surface area contributed by atoms with Crippen LogP contribution < -0.4 is 47.9 Å². The van der Waals surface area contributed by atoms with E-state index in [1.807, 2.05) is 0 Å². The molecule has 0 aromatic heterocycles. The maximum atomic E-state index is 15.1. The van der Waals surface area contributed by atoms with Crippen molar-refractivity contribution in [2.24, 2.45) is 0 Å². The molecule has 14 heteroatoms. The summed E-state index contributed by atoms with van der Waals surface area (Å²) in [4.78, 5) is 27.0. The van der Waals surface area contributed by atoms with Crippen molar-refractivity contribution in [2.75, 3.05) is 62.2 Å². The van der Waals surface area contributed by atoms with Crippen LogP contribution in [0, 0.1) is 5.82 Å². The number of hydrogen-bond acceptors (Lipinski definition) is 12. The highest BCUT2D eigenvalue weighted by Gasteiger charge is 2.38. The van der Waals surface area contributed by atoms with Crippen molar-refractivity contribution < 1.29 is 61.3 Å². The van der Waals surface area contributed by atoms with E-state index in [2.05, 4.69) is 5.32 Å². The van der Waals surface area contributed by atoms with E-state index in [-0.39, 0.29) is 40.5 Å². The molecule has 0 aliphatic carbocycles. The van der Waals surface area contributed by atoms with Crippen molar-refractivity contribution >= 4 is 17.6 Å². The molecule has 1 aliphatic heterocycles. The molecule has 0 radical (unpaired) electrons. The molecule has 4 aromatic rings. The lowest BCUT2D eigenvalue weighted by Crippen LogP contribution is -2.35. The monoisotopic (exact) mass is 707 g/mol. The molecule has 1 aliphatic rings. The summed E-state index contributed by atoms with van der Waals surface area (Å²) in [5.41, 5.74) is 0.981. The average Bonchev–Trinajstić information content (AvgIpc) is 3.16. The third-order valence-electron chi connectivity index (χ3n) is 8.25. The first kappa shape index (κ1) is 36.2. The molecule has 0 saturated carbocycles. The van der Waals surface area contributed by atoms with Crippen molar-refractivity contribution in [3.8, 4) is 51.7 Å². The smallest absolute Gasteiger partial charge is 0.338 e.